The molecule has 0 atom stereocenters. The number of para-hydroxylation sites is 1. The molecule has 2 aromatic carbocycles. The zero-order valence-corrected chi connectivity index (χ0v) is 16.6. The standard InChI is InChI=1S/C21H15N3O5S/c1-3-10-23-15-9-8-14(24(26)27)12-18(15)30-21(23)22-20(25)17-11-13-6-5-7-16(28-4-2)19(13)29-17/h1,5-9,11-12H,4,10H2,2H3. The number of amides is 1. The van der Waals surface area contributed by atoms with Crippen molar-refractivity contribution in [1.82, 2.24) is 4.57 Å². The van der Waals surface area contributed by atoms with Gasteiger partial charge in [-0.1, -0.05) is 29.4 Å². The van der Waals surface area contributed by atoms with Crippen molar-refractivity contribution < 1.29 is 18.9 Å². The zero-order chi connectivity index (χ0) is 21.3. The van der Waals surface area contributed by atoms with E-state index in [0.717, 1.165) is 16.7 Å². The summed E-state index contributed by atoms with van der Waals surface area (Å²) in [6.07, 6.45) is 5.46. The number of fused-ring (bicyclic) bond motifs is 2. The Morgan fingerprint density at radius 1 is 1.37 bits per heavy atom. The Morgan fingerprint density at radius 2 is 2.20 bits per heavy atom. The number of terminal acetylenes is 1. The van der Waals surface area contributed by atoms with Gasteiger partial charge in [-0.15, -0.1) is 6.42 Å². The predicted octanol–water partition coefficient (Wildman–Crippen LogP) is 4.13. The van der Waals surface area contributed by atoms with Crippen molar-refractivity contribution in [3.05, 3.63) is 63.1 Å². The minimum atomic E-state index is -0.583. The van der Waals surface area contributed by atoms with Gasteiger partial charge in [0.05, 0.1) is 28.3 Å². The Morgan fingerprint density at radius 3 is 2.93 bits per heavy atom. The van der Waals surface area contributed by atoms with Gasteiger partial charge in [0, 0.05) is 17.5 Å². The van der Waals surface area contributed by atoms with Crippen LogP contribution in [0, 0.1) is 22.5 Å². The molecule has 0 unspecified atom stereocenters. The molecule has 1 amide bonds. The van der Waals surface area contributed by atoms with Crippen molar-refractivity contribution in [1.29, 1.82) is 0 Å². The normalized spacial score (nSPS) is 11.7. The van der Waals surface area contributed by atoms with Gasteiger partial charge in [-0.05, 0) is 25.1 Å². The molecule has 2 heterocycles. The van der Waals surface area contributed by atoms with Gasteiger partial charge in [-0.3, -0.25) is 14.9 Å². The minimum absolute atomic E-state index is 0.0461. The average molecular weight is 421 g/mol. The van der Waals surface area contributed by atoms with Crippen molar-refractivity contribution in [3.8, 4) is 18.1 Å². The van der Waals surface area contributed by atoms with Crippen LogP contribution in [0.1, 0.15) is 17.5 Å². The van der Waals surface area contributed by atoms with E-state index in [4.69, 9.17) is 15.6 Å². The number of nitro benzene ring substituents is 1. The van der Waals surface area contributed by atoms with Crippen LogP contribution in [0.2, 0.25) is 0 Å². The summed E-state index contributed by atoms with van der Waals surface area (Å²) < 4.78 is 13.5. The van der Waals surface area contributed by atoms with E-state index in [1.165, 1.54) is 12.1 Å². The van der Waals surface area contributed by atoms with Gasteiger partial charge in [0.15, 0.2) is 21.9 Å². The van der Waals surface area contributed by atoms with Gasteiger partial charge in [0.2, 0.25) is 0 Å². The smallest absolute Gasteiger partial charge is 0.315 e. The lowest BCUT2D eigenvalue weighted by molar-refractivity contribution is -0.384. The van der Waals surface area contributed by atoms with Crippen LogP contribution in [0.3, 0.4) is 0 Å². The number of carbonyl (C=O) groups is 1. The van der Waals surface area contributed by atoms with Crippen LogP contribution in [0.4, 0.5) is 5.69 Å². The molecule has 0 radical (unpaired) electrons. The fourth-order valence-electron chi connectivity index (χ4n) is 3.06. The maximum atomic E-state index is 12.8. The first-order valence-electron chi connectivity index (χ1n) is 8.97. The summed E-state index contributed by atoms with van der Waals surface area (Å²) in [5, 5.41) is 11.8. The van der Waals surface area contributed by atoms with Crippen molar-refractivity contribution in [2.45, 2.75) is 13.5 Å². The third-order valence-corrected chi connectivity index (χ3v) is 5.38. The number of carbonyl (C=O) groups excluding carboxylic acids is 1. The van der Waals surface area contributed by atoms with Crippen LogP contribution in [0.15, 0.2) is 51.9 Å². The van der Waals surface area contributed by atoms with E-state index in [1.54, 1.807) is 22.8 Å². The highest BCUT2D eigenvalue weighted by Gasteiger charge is 2.16. The lowest BCUT2D eigenvalue weighted by atomic mass is 10.2. The number of rotatable bonds is 5. The molecule has 0 bridgehead atoms. The van der Waals surface area contributed by atoms with E-state index in [0.29, 0.717) is 33.0 Å². The lowest BCUT2D eigenvalue weighted by Gasteiger charge is -2.02. The summed E-state index contributed by atoms with van der Waals surface area (Å²) >= 11 is 1.15. The van der Waals surface area contributed by atoms with Crippen molar-refractivity contribution >= 4 is 44.1 Å². The van der Waals surface area contributed by atoms with Gasteiger partial charge >= 0.3 is 5.91 Å². The number of benzene rings is 2. The second-order valence-corrected chi connectivity index (χ2v) is 7.23. The Labute approximate surface area is 174 Å². The lowest BCUT2D eigenvalue weighted by Crippen LogP contribution is -2.16. The Hall–Kier alpha value is -3.90. The molecule has 30 heavy (non-hydrogen) atoms. The molecular formula is C21H15N3O5S. The van der Waals surface area contributed by atoms with Gasteiger partial charge in [-0.25, -0.2) is 0 Å². The number of nitrogens with zero attached hydrogens (tertiary/aromatic N) is 3. The van der Waals surface area contributed by atoms with Crippen LogP contribution in [0.5, 0.6) is 5.75 Å². The number of furan rings is 1. The molecule has 0 spiro atoms. The van der Waals surface area contributed by atoms with E-state index >= 15 is 0 Å². The number of ether oxygens (including phenoxy) is 1. The molecule has 0 saturated carbocycles. The minimum Gasteiger partial charge on any atom is -0.490 e. The molecule has 4 rings (SSSR count). The van der Waals surface area contributed by atoms with Crippen LogP contribution >= 0.6 is 11.3 Å². The topological polar surface area (TPSA) is 99.9 Å². The molecule has 150 valence electrons. The molecule has 0 aliphatic rings. The largest absolute Gasteiger partial charge is 0.490 e. The fraction of sp³-hybridized carbons (Fsp3) is 0.143. The predicted molar refractivity (Wildman–Crippen MR) is 113 cm³/mol. The summed E-state index contributed by atoms with van der Waals surface area (Å²) in [5.41, 5.74) is 1.09. The van der Waals surface area contributed by atoms with Crippen molar-refractivity contribution in [2.75, 3.05) is 6.61 Å². The second-order valence-electron chi connectivity index (χ2n) is 6.22. The summed E-state index contributed by atoms with van der Waals surface area (Å²) in [7, 11) is 0. The molecule has 0 saturated heterocycles. The Kier molecular flexibility index (Phi) is 5.08. The highest BCUT2D eigenvalue weighted by atomic mass is 32.1. The van der Waals surface area contributed by atoms with E-state index in [9.17, 15) is 14.9 Å². The van der Waals surface area contributed by atoms with E-state index in [1.807, 2.05) is 19.1 Å². The second kappa shape index (κ2) is 7.85. The highest BCUT2D eigenvalue weighted by Crippen LogP contribution is 2.29. The quantitative estimate of drug-likeness (QED) is 0.274. The summed E-state index contributed by atoms with van der Waals surface area (Å²) in [4.78, 5) is 27.9. The van der Waals surface area contributed by atoms with Crippen LogP contribution in [0.25, 0.3) is 21.2 Å². The Bertz CT molecular complexity index is 1400. The molecular weight excluding hydrogens is 406 g/mol. The first-order chi connectivity index (χ1) is 14.5. The van der Waals surface area contributed by atoms with E-state index in [2.05, 4.69) is 10.9 Å². The molecule has 0 fully saturated rings. The third-order valence-electron chi connectivity index (χ3n) is 4.34. The maximum absolute atomic E-state index is 12.8. The molecule has 8 nitrogen and oxygen atoms in total. The average Bonchev–Trinajstić information content (AvgIpc) is 3.30. The highest BCUT2D eigenvalue weighted by molar-refractivity contribution is 7.16. The zero-order valence-electron chi connectivity index (χ0n) is 15.8. The number of hydrogen-bond donors (Lipinski definition) is 0. The fourth-order valence-corrected chi connectivity index (χ4v) is 4.12. The summed E-state index contributed by atoms with van der Waals surface area (Å²) in [6, 6.07) is 11.4. The molecule has 4 aromatic rings. The first-order valence-corrected chi connectivity index (χ1v) is 9.79. The monoisotopic (exact) mass is 421 g/mol. The van der Waals surface area contributed by atoms with E-state index < -0.39 is 10.8 Å². The van der Waals surface area contributed by atoms with Gasteiger partial charge in [0.25, 0.3) is 5.69 Å². The number of nitro groups is 1. The number of non-ortho nitro benzene ring substituents is 1. The number of hydrogen-bond acceptors (Lipinski definition) is 6. The van der Waals surface area contributed by atoms with Crippen LogP contribution < -0.4 is 9.54 Å². The summed E-state index contributed by atoms with van der Waals surface area (Å²) in [6.45, 7) is 2.49. The first kappa shape index (κ1) is 19.4. The van der Waals surface area contributed by atoms with Gasteiger partial charge in [-0.2, -0.15) is 4.99 Å². The molecule has 2 aromatic heterocycles. The van der Waals surface area contributed by atoms with Crippen LogP contribution in [-0.4, -0.2) is 22.0 Å². The molecule has 0 aliphatic heterocycles. The SMILES string of the molecule is C#CCn1c(=NC(=O)c2cc3cccc(OCC)c3o2)sc2cc([N+](=O)[O-])ccc21. The maximum Gasteiger partial charge on any atom is 0.315 e. The summed E-state index contributed by atoms with van der Waals surface area (Å²) in [5.74, 6) is 2.55. The molecule has 0 aliphatic carbocycles. The number of aromatic nitrogens is 1. The van der Waals surface area contributed by atoms with Gasteiger partial charge in [0.1, 0.15) is 0 Å². The van der Waals surface area contributed by atoms with Crippen molar-refractivity contribution in [2.24, 2.45) is 4.99 Å². The van der Waals surface area contributed by atoms with Crippen molar-refractivity contribution in [3.63, 3.8) is 0 Å². The Balaban J connectivity index is 1.82. The van der Waals surface area contributed by atoms with Crippen LogP contribution in [-0.2, 0) is 6.54 Å². The number of thiazole rings is 1. The van der Waals surface area contributed by atoms with Gasteiger partial charge < -0.3 is 13.7 Å². The molecule has 0 N–H and O–H groups in total. The molecule has 9 heteroatoms. The van der Waals surface area contributed by atoms with E-state index in [-0.39, 0.29) is 18.0 Å². The third kappa shape index (κ3) is 3.44.